The van der Waals surface area contributed by atoms with Crippen LogP contribution in [0.5, 0.6) is 0 Å². The molecule has 0 saturated carbocycles. The number of hydrogen-bond acceptors (Lipinski definition) is 5. The third-order valence-electron chi connectivity index (χ3n) is 4.40. The van der Waals surface area contributed by atoms with Crippen LogP contribution >= 0.6 is 0 Å². The first-order chi connectivity index (χ1) is 14.6. The predicted octanol–water partition coefficient (Wildman–Crippen LogP) is 1.37. The van der Waals surface area contributed by atoms with Crippen molar-refractivity contribution < 1.29 is 9.59 Å². The maximum atomic E-state index is 12.7. The van der Waals surface area contributed by atoms with Gasteiger partial charge in [0.1, 0.15) is 24.3 Å². The Labute approximate surface area is 172 Å². The van der Waals surface area contributed by atoms with Gasteiger partial charge in [-0.15, -0.1) is 5.10 Å². The fourth-order valence-electron chi connectivity index (χ4n) is 2.97. The van der Waals surface area contributed by atoms with Crippen molar-refractivity contribution in [3.05, 3.63) is 78.5 Å². The number of nitrogens with zero attached hydrogens (tertiary/aromatic N) is 6. The van der Waals surface area contributed by atoms with Gasteiger partial charge in [0, 0.05) is 26.0 Å². The van der Waals surface area contributed by atoms with Crippen molar-refractivity contribution in [3.8, 4) is 5.82 Å². The van der Waals surface area contributed by atoms with Crippen LogP contribution in [0.4, 0.5) is 5.95 Å². The number of hydrogen-bond donors (Lipinski definition) is 2. The van der Waals surface area contributed by atoms with Crippen molar-refractivity contribution in [3.63, 3.8) is 0 Å². The number of amides is 2. The number of nitrogens with one attached hydrogen (secondary N) is 2. The number of anilines is 1. The van der Waals surface area contributed by atoms with E-state index in [1.165, 1.54) is 17.2 Å². The molecule has 0 bridgehead atoms. The van der Waals surface area contributed by atoms with Gasteiger partial charge in [0.2, 0.25) is 11.9 Å². The van der Waals surface area contributed by atoms with E-state index in [1.54, 1.807) is 16.3 Å². The first-order valence-corrected chi connectivity index (χ1v) is 9.27. The minimum Gasteiger partial charge on any atom is -0.350 e. The molecule has 4 rings (SSSR count). The van der Waals surface area contributed by atoms with Gasteiger partial charge in [0.25, 0.3) is 5.91 Å². The molecule has 10 heteroatoms. The zero-order chi connectivity index (χ0) is 20.9. The van der Waals surface area contributed by atoms with E-state index in [9.17, 15) is 9.59 Å². The fourth-order valence-corrected chi connectivity index (χ4v) is 2.97. The van der Waals surface area contributed by atoms with Crippen LogP contribution in [0.25, 0.3) is 5.82 Å². The Kier molecular flexibility index (Phi) is 5.37. The molecule has 0 unspecified atom stereocenters. The number of carbonyl (C=O) groups is 2. The van der Waals surface area contributed by atoms with Crippen LogP contribution in [0.3, 0.4) is 0 Å². The SMILES string of the molecule is Cn1ncc(C(=O)Nc2ncn(CC(=O)NCc3ccccc3)n2)c1-n1cccc1. The topological polar surface area (TPSA) is 112 Å². The van der Waals surface area contributed by atoms with Gasteiger partial charge in [-0.25, -0.2) is 9.67 Å². The van der Waals surface area contributed by atoms with E-state index in [4.69, 9.17) is 0 Å². The van der Waals surface area contributed by atoms with E-state index in [1.807, 2.05) is 54.9 Å². The molecule has 3 heterocycles. The predicted molar refractivity (Wildman–Crippen MR) is 109 cm³/mol. The Morgan fingerprint density at radius 2 is 1.83 bits per heavy atom. The molecule has 30 heavy (non-hydrogen) atoms. The molecule has 2 N–H and O–H groups in total. The lowest BCUT2D eigenvalue weighted by molar-refractivity contribution is -0.122. The fraction of sp³-hybridized carbons (Fsp3) is 0.150. The van der Waals surface area contributed by atoms with Crippen LogP contribution in [0.1, 0.15) is 15.9 Å². The largest absolute Gasteiger partial charge is 0.350 e. The van der Waals surface area contributed by atoms with Crippen molar-refractivity contribution in [2.75, 3.05) is 5.32 Å². The van der Waals surface area contributed by atoms with Gasteiger partial charge in [-0.2, -0.15) is 5.10 Å². The monoisotopic (exact) mass is 404 g/mol. The average molecular weight is 404 g/mol. The van der Waals surface area contributed by atoms with Crippen molar-refractivity contribution in [2.24, 2.45) is 7.05 Å². The molecule has 3 aromatic heterocycles. The highest BCUT2D eigenvalue weighted by molar-refractivity contribution is 6.05. The molecule has 0 aliphatic heterocycles. The molecule has 0 radical (unpaired) electrons. The van der Waals surface area contributed by atoms with Gasteiger partial charge in [-0.1, -0.05) is 30.3 Å². The summed E-state index contributed by atoms with van der Waals surface area (Å²) >= 11 is 0. The lowest BCUT2D eigenvalue weighted by atomic mass is 10.2. The maximum absolute atomic E-state index is 12.7. The lowest BCUT2D eigenvalue weighted by Crippen LogP contribution is -2.27. The number of aromatic nitrogens is 6. The van der Waals surface area contributed by atoms with Gasteiger partial charge in [-0.3, -0.25) is 19.6 Å². The van der Waals surface area contributed by atoms with E-state index >= 15 is 0 Å². The number of rotatable bonds is 7. The quantitative estimate of drug-likeness (QED) is 0.483. The Balaban J connectivity index is 1.37. The third-order valence-corrected chi connectivity index (χ3v) is 4.40. The van der Waals surface area contributed by atoms with E-state index in [-0.39, 0.29) is 18.4 Å². The van der Waals surface area contributed by atoms with Gasteiger partial charge < -0.3 is 9.88 Å². The summed E-state index contributed by atoms with van der Waals surface area (Å²) < 4.78 is 4.77. The summed E-state index contributed by atoms with van der Waals surface area (Å²) in [5.74, 6) is 0.136. The molecule has 2 amide bonds. The highest BCUT2D eigenvalue weighted by Gasteiger charge is 2.19. The highest BCUT2D eigenvalue weighted by atomic mass is 16.2. The molecule has 0 atom stereocenters. The Morgan fingerprint density at radius 3 is 2.60 bits per heavy atom. The second-order valence-electron chi connectivity index (χ2n) is 6.58. The smallest absolute Gasteiger partial charge is 0.263 e. The molecule has 0 fully saturated rings. The molecule has 152 valence electrons. The summed E-state index contributed by atoms with van der Waals surface area (Å²) in [6, 6.07) is 13.3. The molecular formula is C20H20N8O2. The average Bonchev–Trinajstić information content (AvgIpc) is 3.48. The van der Waals surface area contributed by atoms with Crippen LogP contribution in [0.15, 0.2) is 67.4 Å². The van der Waals surface area contributed by atoms with E-state index in [2.05, 4.69) is 25.8 Å². The van der Waals surface area contributed by atoms with Gasteiger partial charge in [0.15, 0.2) is 0 Å². The Hall–Kier alpha value is -4.21. The van der Waals surface area contributed by atoms with Gasteiger partial charge in [0.05, 0.1) is 6.20 Å². The second kappa shape index (κ2) is 8.43. The molecule has 0 aliphatic rings. The van der Waals surface area contributed by atoms with E-state index < -0.39 is 5.91 Å². The van der Waals surface area contributed by atoms with Crippen LogP contribution < -0.4 is 10.6 Å². The molecule has 0 saturated heterocycles. The zero-order valence-corrected chi connectivity index (χ0v) is 16.3. The highest BCUT2D eigenvalue weighted by Crippen LogP contribution is 2.15. The Bertz CT molecular complexity index is 1140. The van der Waals surface area contributed by atoms with Crippen molar-refractivity contribution >= 4 is 17.8 Å². The molecule has 0 spiro atoms. The summed E-state index contributed by atoms with van der Waals surface area (Å²) in [7, 11) is 1.76. The summed E-state index contributed by atoms with van der Waals surface area (Å²) in [4.78, 5) is 28.9. The second-order valence-corrected chi connectivity index (χ2v) is 6.58. The normalized spacial score (nSPS) is 10.7. The molecule has 1 aromatic carbocycles. The molecule has 10 nitrogen and oxygen atoms in total. The minimum atomic E-state index is -0.391. The third kappa shape index (κ3) is 4.27. The number of aryl methyl sites for hydroxylation is 1. The van der Waals surface area contributed by atoms with Crippen molar-refractivity contribution in [1.29, 1.82) is 0 Å². The van der Waals surface area contributed by atoms with Crippen molar-refractivity contribution in [1.82, 2.24) is 34.4 Å². The molecule has 0 aliphatic carbocycles. The lowest BCUT2D eigenvalue weighted by Gasteiger charge is -2.07. The van der Waals surface area contributed by atoms with Crippen LogP contribution in [-0.4, -0.2) is 40.9 Å². The Morgan fingerprint density at radius 1 is 1.07 bits per heavy atom. The summed E-state index contributed by atoms with van der Waals surface area (Å²) in [6.07, 6.45) is 6.54. The summed E-state index contributed by atoms with van der Waals surface area (Å²) in [5.41, 5.74) is 1.39. The minimum absolute atomic E-state index is 0.00276. The van der Waals surface area contributed by atoms with Crippen LogP contribution in [0.2, 0.25) is 0 Å². The standard InChI is InChI=1S/C20H20N8O2/c1-26-19(27-9-5-6-10-27)16(12-23-26)18(30)24-20-22-14-28(25-20)13-17(29)21-11-15-7-3-2-4-8-15/h2-10,12,14H,11,13H2,1H3,(H,21,29)(H,24,25,30). The first-order valence-electron chi connectivity index (χ1n) is 9.27. The zero-order valence-electron chi connectivity index (χ0n) is 16.3. The maximum Gasteiger partial charge on any atom is 0.263 e. The summed E-state index contributed by atoms with van der Waals surface area (Å²) in [6.45, 7) is 0.429. The van der Waals surface area contributed by atoms with Gasteiger partial charge in [-0.05, 0) is 17.7 Å². The number of carbonyl (C=O) groups excluding carboxylic acids is 2. The number of benzene rings is 1. The van der Waals surface area contributed by atoms with E-state index in [0.717, 1.165) is 5.56 Å². The first kappa shape index (κ1) is 19.1. The summed E-state index contributed by atoms with van der Waals surface area (Å²) in [5, 5.41) is 13.8. The van der Waals surface area contributed by atoms with Crippen LogP contribution in [-0.2, 0) is 24.9 Å². The van der Waals surface area contributed by atoms with Crippen LogP contribution in [0, 0.1) is 0 Å². The van der Waals surface area contributed by atoms with Crippen molar-refractivity contribution in [2.45, 2.75) is 13.1 Å². The van der Waals surface area contributed by atoms with Gasteiger partial charge >= 0.3 is 0 Å². The molecule has 4 aromatic rings. The molecular weight excluding hydrogens is 384 g/mol. The van der Waals surface area contributed by atoms with E-state index in [0.29, 0.717) is 17.9 Å².